The Bertz CT molecular complexity index is 371. The third-order valence-corrected chi connectivity index (χ3v) is 4.54. The van der Waals surface area contributed by atoms with Gasteiger partial charge in [-0.05, 0) is 39.5 Å². The van der Waals surface area contributed by atoms with Crippen LogP contribution in [0.1, 0.15) is 39.5 Å². The van der Waals surface area contributed by atoms with E-state index in [2.05, 4.69) is 5.32 Å². The number of carbonyl (C=O) groups excluding carboxylic acids is 1. The third kappa shape index (κ3) is 3.23. The van der Waals surface area contributed by atoms with E-state index in [9.17, 15) is 14.7 Å². The molecule has 20 heavy (non-hydrogen) atoms. The Morgan fingerprint density at radius 3 is 2.55 bits per heavy atom. The monoisotopic (exact) mass is 284 g/mol. The number of carboxylic acid groups (broad SMARTS) is 1. The maximum Gasteiger partial charge on any atom is 0.317 e. The van der Waals surface area contributed by atoms with Crippen molar-refractivity contribution in [3.8, 4) is 0 Å². The van der Waals surface area contributed by atoms with Crippen LogP contribution in [0, 0.1) is 5.41 Å². The molecule has 0 aromatic heterocycles. The molecular weight excluding hydrogens is 260 g/mol. The van der Waals surface area contributed by atoms with Crippen LogP contribution in [0.4, 0.5) is 4.79 Å². The number of nitrogens with one attached hydrogen (secondary N) is 1. The molecule has 0 aromatic carbocycles. The second kappa shape index (κ2) is 5.99. The highest BCUT2D eigenvalue weighted by Crippen LogP contribution is 2.31. The van der Waals surface area contributed by atoms with Crippen molar-refractivity contribution in [1.82, 2.24) is 10.2 Å². The first-order valence-electron chi connectivity index (χ1n) is 7.33. The van der Waals surface area contributed by atoms with Crippen LogP contribution in [0.3, 0.4) is 0 Å². The summed E-state index contributed by atoms with van der Waals surface area (Å²) in [6, 6.07) is -0.113. The van der Waals surface area contributed by atoms with Crippen molar-refractivity contribution in [3.05, 3.63) is 0 Å². The zero-order valence-corrected chi connectivity index (χ0v) is 12.2. The number of hydrogen-bond donors (Lipinski definition) is 2. The minimum Gasteiger partial charge on any atom is -0.481 e. The molecule has 2 atom stereocenters. The molecule has 2 saturated heterocycles. The van der Waals surface area contributed by atoms with E-state index in [4.69, 9.17) is 4.74 Å². The summed E-state index contributed by atoms with van der Waals surface area (Å²) < 4.78 is 5.56. The molecule has 0 aromatic rings. The van der Waals surface area contributed by atoms with Crippen molar-refractivity contribution in [3.63, 3.8) is 0 Å². The average molecular weight is 284 g/mol. The van der Waals surface area contributed by atoms with Gasteiger partial charge in [0.25, 0.3) is 0 Å². The number of piperidine rings is 1. The Morgan fingerprint density at radius 1 is 1.40 bits per heavy atom. The maximum atomic E-state index is 12.2. The van der Waals surface area contributed by atoms with E-state index < -0.39 is 11.4 Å². The lowest BCUT2D eigenvalue weighted by atomic mass is 9.80. The number of carbonyl (C=O) groups is 2. The van der Waals surface area contributed by atoms with Gasteiger partial charge in [-0.3, -0.25) is 4.79 Å². The number of rotatable bonds is 3. The average Bonchev–Trinajstić information content (AvgIpc) is 2.93. The standard InChI is InChI=1S/C14H24N2O4/c1-10(11-4-3-9-20-11)15-13(19)16-7-5-14(2,6-8-16)12(17)18/h10-11H,3-9H2,1-2H3,(H,15,19)(H,17,18). The molecule has 114 valence electrons. The zero-order valence-electron chi connectivity index (χ0n) is 12.2. The van der Waals surface area contributed by atoms with Crippen LogP contribution in [-0.4, -0.2) is 53.8 Å². The molecule has 6 nitrogen and oxygen atoms in total. The molecule has 2 aliphatic rings. The normalized spacial score (nSPS) is 27.1. The number of hydrogen-bond acceptors (Lipinski definition) is 3. The summed E-state index contributed by atoms with van der Waals surface area (Å²) in [5.41, 5.74) is -0.697. The summed E-state index contributed by atoms with van der Waals surface area (Å²) in [6.07, 6.45) is 3.14. The Kier molecular flexibility index (Phi) is 4.52. The lowest BCUT2D eigenvalue weighted by Crippen LogP contribution is -2.52. The van der Waals surface area contributed by atoms with Crippen LogP contribution < -0.4 is 5.32 Å². The van der Waals surface area contributed by atoms with Crippen molar-refractivity contribution in [1.29, 1.82) is 0 Å². The number of carboxylic acids is 1. The van der Waals surface area contributed by atoms with Gasteiger partial charge in [-0.15, -0.1) is 0 Å². The first-order chi connectivity index (χ1) is 9.42. The molecule has 0 radical (unpaired) electrons. The lowest BCUT2D eigenvalue weighted by molar-refractivity contribution is -0.150. The Hall–Kier alpha value is -1.30. The number of nitrogens with zero attached hydrogens (tertiary/aromatic N) is 1. The van der Waals surface area contributed by atoms with Gasteiger partial charge in [0, 0.05) is 19.7 Å². The summed E-state index contributed by atoms with van der Waals surface area (Å²) in [7, 11) is 0. The summed E-state index contributed by atoms with van der Waals surface area (Å²) >= 11 is 0. The first-order valence-corrected chi connectivity index (χ1v) is 7.33. The first kappa shape index (κ1) is 15.1. The van der Waals surface area contributed by atoms with Crippen LogP contribution >= 0.6 is 0 Å². The molecule has 0 aliphatic carbocycles. The topological polar surface area (TPSA) is 78.9 Å². The van der Waals surface area contributed by atoms with Gasteiger partial charge in [0.1, 0.15) is 0 Å². The molecule has 2 unspecified atom stereocenters. The van der Waals surface area contributed by atoms with Gasteiger partial charge in [-0.1, -0.05) is 0 Å². The van der Waals surface area contributed by atoms with Crippen molar-refractivity contribution in [2.45, 2.75) is 51.7 Å². The Balaban J connectivity index is 1.81. The molecule has 2 amide bonds. The second-order valence-electron chi connectivity index (χ2n) is 6.14. The van der Waals surface area contributed by atoms with Crippen LogP contribution in [0.15, 0.2) is 0 Å². The van der Waals surface area contributed by atoms with E-state index in [-0.39, 0.29) is 18.2 Å². The highest BCUT2D eigenvalue weighted by molar-refractivity contribution is 5.77. The molecule has 0 saturated carbocycles. The quantitative estimate of drug-likeness (QED) is 0.822. The van der Waals surface area contributed by atoms with E-state index >= 15 is 0 Å². The molecule has 0 bridgehead atoms. The summed E-state index contributed by atoms with van der Waals surface area (Å²) in [5.74, 6) is -0.773. The van der Waals surface area contributed by atoms with E-state index in [0.717, 1.165) is 19.4 Å². The molecule has 2 N–H and O–H groups in total. The Labute approximate surface area is 119 Å². The fourth-order valence-electron chi connectivity index (χ4n) is 2.79. The highest BCUT2D eigenvalue weighted by Gasteiger charge is 2.38. The molecule has 2 fully saturated rings. The fraction of sp³-hybridized carbons (Fsp3) is 0.857. The van der Waals surface area contributed by atoms with Gasteiger partial charge in [0.05, 0.1) is 17.6 Å². The molecule has 2 heterocycles. The molecule has 0 spiro atoms. The SMILES string of the molecule is CC(NC(=O)N1CCC(C)(C(=O)O)CC1)C1CCCO1. The number of amides is 2. The van der Waals surface area contributed by atoms with Crippen LogP contribution in [0.25, 0.3) is 0 Å². The summed E-state index contributed by atoms with van der Waals surface area (Å²) in [6.45, 7) is 5.46. The predicted octanol–water partition coefficient (Wildman–Crippen LogP) is 1.45. The Morgan fingerprint density at radius 2 is 2.05 bits per heavy atom. The van der Waals surface area contributed by atoms with E-state index in [1.54, 1.807) is 11.8 Å². The number of likely N-dealkylation sites (tertiary alicyclic amines) is 1. The predicted molar refractivity (Wildman–Crippen MR) is 73.5 cm³/mol. The van der Waals surface area contributed by atoms with Crippen LogP contribution in [-0.2, 0) is 9.53 Å². The highest BCUT2D eigenvalue weighted by atomic mass is 16.5. The van der Waals surface area contributed by atoms with Gasteiger partial charge in [0.2, 0.25) is 0 Å². The van der Waals surface area contributed by atoms with Crippen molar-refractivity contribution in [2.24, 2.45) is 5.41 Å². The van der Waals surface area contributed by atoms with Gasteiger partial charge in [0.15, 0.2) is 0 Å². The molecule has 2 rings (SSSR count). The lowest BCUT2D eigenvalue weighted by Gasteiger charge is -2.37. The third-order valence-electron chi connectivity index (χ3n) is 4.54. The van der Waals surface area contributed by atoms with Crippen molar-refractivity contribution >= 4 is 12.0 Å². The zero-order chi connectivity index (χ0) is 14.8. The summed E-state index contributed by atoms with van der Waals surface area (Å²) in [4.78, 5) is 25.0. The number of ether oxygens (including phenoxy) is 1. The second-order valence-corrected chi connectivity index (χ2v) is 6.14. The smallest absolute Gasteiger partial charge is 0.317 e. The van der Waals surface area contributed by atoms with Gasteiger partial charge in [-0.2, -0.15) is 0 Å². The minimum atomic E-state index is -0.773. The van der Waals surface area contributed by atoms with Crippen LogP contribution in [0.5, 0.6) is 0 Å². The largest absolute Gasteiger partial charge is 0.481 e. The number of urea groups is 1. The van der Waals surface area contributed by atoms with Crippen molar-refractivity contribution in [2.75, 3.05) is 19.7 Å². The van der Waals surface area contributed by atoms with Gasteiger partial charge >= 0.3 is 12.0 Å². The fourth-order valence-corrected chi connectivity index (χ4v) is 2.79. The van der Waals surface area contributed by atoms with Crippen molar-refractivity contribution < 1.29 is 19.4 Å². The van der Waals surface area contributed by atoms with Gasteiger partial charge < -0.3 is 20.1 Å². The molecule has 2 aliphatic heterocycles. The van der Waals surface area contributed by atoms with Crippen LogP contribution in [0.2, 0.25) is 0 Å². The van der Waals surface area contributed by atoms with Gasteiger partial charge in [-0.25, -0.2) is 4.79 Å². The molecular formula is C14H24N2O4. The van der Waals surface area contributed by atoms with E-state index in [1.807, 2.05) is 6.92 Å². The maximum absolute atomic E-state index is 12.2. The summed E-state index contributed by atoms with van der Waals surface area (Å²) in [5, 5.41) is 12.1. The van der Waals surface area contributed by atoms with E-state index in [1.165, 1.54) is 0 Å². The minimum absolute atomic E-state index is 0.00205. The number of aliphatic carboxylic acids is 1. The van der Waals surface area contributed by atoms with E-state index in [0.29, 0.717) is 25.9 Å². The molecule has 6 heteroatoms.